The number of rotatable bonds is 4. The van der Waals surface area contributed by atoms with Crippen LogP contribution in [0.5, 0.6) is 5.75 Å². The zero-order valence-corrected chi connectivity index (χ0v) is 12.3. The second-order valence-electron chi connectivity index (χ2n) is 4.48. The van der Waals surface area contributed by atoms with Crippen LogP contribution in [0.2, 0.25) is 0 Å². The van der Waals surface area contributed by atoms with E-state index in [-0.39, 0.29) is 28.0 Å². The summed E-state index contributed by atoms with van der Waals surface area (Å²) in [5.74, 6) is 0.194. The highest BCUT2D eigenvalue weighted by Crippen LogP contribution is 2.41. The van der Waals surface area contributed by atoms with Gasteiger partial charge in [0.2, 0.25) is 0 Å². The highest BCUT2D eigenvalue weighted by Gasteiger charge is 2.34. The van der Waals surface area contributed by atoms with Gasteiger partial charge >= 0.3 is 6.61 Å². The van der Waals surface area contributed by atoms with E-state index >= 15 is 0 Å². The minimum Gasteiger partial charge on any atom is -0.435 e. The number of halogens is 3. The molecular formula is C12H13BrF2O3S. The van der Waals surface area contributed by atoms with Crippen molar-refractivity contribution >= 4 is 25.8 Å². The number of alkyl halides is 3. The van der Waals surface area contributed by atoms with Crippen molar-refractivity contribution in [3.8, 4) is 5.75 Å². The summed E-state index contributed by atoms with van der Waals surface area (Å²) in [6, 6.07) is 6.44. The molecule has 1 saturated heterocycles. The number of hydrogen-bond donors (Lipinski definition) is 0. The fraction of sp³-hybridized carbons (Fsp3) is 0.500. The number of ether oxygens (including phenoxy) is 1. The van der Waals surface area contributed by atoms with Crippen LogP contribution in [0.1, 0.15) is 16.8 Å². The average Bonchev–Trinajstić information content (AvgIpc) is 2.69. The maximum Gasteiger partial charge on any atom is 0.387 e. The Morgan fingerprint density at radius 1 is 1.32 bits per heavy atom. The summed E-state index contributed by atoms with van der Waals surface area (Å²) in [6.45, 7) is -2.90. The van der Waals surface area contributed by atoms with E-state index < -0.39 is 16.4 Å². The van der Waals surface area contributed by atoms with Gasteiger partial charge in [0.1, 0.15) is 5.75 Å². The van der Waals surface area contributed by atoms with Crippen LogP contribution in [0, 0.1) is 5.92 Å². The van der Waals surface area contributed by atoms with E-state index in [1.807, 2.05) is 0 Å². The molecule has 1 aromatic carbocycles. The summed E-state index contributed by atoms with van der Waals surface area (Å²) in [5, 5.41) is 0. The zero-order valence-electron chi connectivity index (χ0n) is 9.93. The molecule has 0 bridgehead atoms. The first-order valence-corrected chi connectivity index (χ1v) is 8.51. The standard InChI is InChI=1S/C12H13BrF2O3S/c13-11(8-5-6-19(16,17)7-8)9-3-1-2-4-10(9)18-12(14)15/h1-4,8,11-12H,5-7H2. The van der Waals surface area contributed by atoms with E-state index in [2.05, 4.69) is 20.7 Å². The van der Waals surface area contributed by atoms with Crippen LogP contribution in [-0.4, -0.2) is 26.5 Å². The molecule has 7 heteroatoms. The van der Waals surface area contributed by atoms with Gasteiger partial charge in [0.25, 0.3) is 0 Å². The van der Waals surface area contributed by atoms with Gasteiger partial charge in [-0.1, -0.05) is 34.1 Å². The maximum atomic E-state index is 12.3. The zero-order chi connectivity index (χ0) is 14.0. The normalized spacial score (nSPS) is 23.5. The summed E-state index contributed by atoms with van der Waals surface area (Å²) in [4.78, 5) is -0.306. The second kappa shape index (κ2) is 5.75. The van der Waals surface area contributed by atoms with Crippen molar-refractivity contribution < 1.29 is 21.9 Å². The van der Waals surface area contributed by atoms with Crippen LogP contribution >= 0.6 is 15.9 Å². The first-order valence-electron chi connectivity index (χ1n) is 5.77. The third-order valence-electron chi connectivity index (χ3n) is 3.11. The van der Waals surface area contributed by atoms with Gasteiger partial charge in [-0.15, -0.1) is 0 Å². The van der Waals surface area contributed by atoms with Gasteiger partial charge in [0.15, 0.2) is 9.84 Å². The first-order chi connectivity index (χ1) is 8.89. The number of hydrogen-bond acceptors (Lipinski definition) is 3. The molecule has 0 spiro atoms. The van der Waals surface area contributed by atoms with Crippen molar-refractivity contribution in [2.75, 3.05) is 11.5 Å². The molecule has 0 aliphatic carbocycles. The van der Waals surface area contributed by atoms with Crippen molar-refractivity contribution in [3.63, 3.8) is 0 Å². The van der Waals surface area contributed by atoms with Crippen LogP contribution in [0.3, 0.4) is 0 Å². The SMILES string of the molecule is O=S1(=O)CCC(C(Br)c2ccccc2OC(F)F)C1. The predicted octanol–water partition coefficient (Wildman–Crippen LogP) is 3.16. The lowest BCUT2D eigenvalue weighted by Crippen LogP contribution is -2.12. The number of sulfone groups is 1. The van der Waals surface area contributed by atoms with E-state index in [1.54, 1.807) is 18.2 Å². The molecular weight excluding hydrogens is 342 g/mol. The van der Waals surface area contributed by atoms with Crippen LogP contribution in [0.4, 0.5) is 8.78 Å². The Hall–Kier alpha value is -0.690. The van der Waals surface area contributed by atoms with Crippen LogP contribution in [0.15, 0.2) is 24.3 Å². The molecule has 2 atom stereocenters. The average molecular weight is 355 g/mol. The Morgan fingerprint density at radius 2 is 2.00 bits per heavy atom. The number of benzene rings is 1. The van der Waals surface area contributed by atoms with Crippen LogP contribution in [0.25, 0.3) is 0 Å². The van der Waals surface area contributed by atoms with Crippen LogP contribution < -0.4 is 4.74 Å². The van der Waals surface area contributed by atoms with Gasteiger partial charge in [-0.25, -0.2) is 8.42 Å². The Labute approximate surface area is 119 Å². The van der Waals surface area contributed by atoms with Gasteiger partial charge < -0.3 is 4.74 Å². The molecule has 2 rings (SSSR count). The largest absolute Gasteiger partial charge is 0.435 e. The molecule has 1 aromatic rings. The highest BCUT2D eigenvalue weighted by molar-refractivity contribution is 9.09. The Bertz CT molecular complexity index is 548. The molecule has 1 heterocycles. The van der Waals surface area contributed by atoms with Gasteiger partial charge in [0, 0.05) is 10.4 Å². The third-order valence-corrected chi connectivity index (χ3v) is 6.15. The molecule has 0 amide bonds. The summed E-state index contributed by atoms with van der Waals surface area (Å²) in [7, 11) is -3.00. The predicted molar refractivity (Wildman–Crippen MR) is 71.5 cm³/mol. The topological polar surface area (TPSA) is 43.4 Å². The fourth-order valence-electron chi connectivity index (χ4n) is 2.22. The lowest BCUT2D eigenvalue weighted by molar-refractivity contribution is -0.0505. The van der Waals surface area contributed by atoms with E-state index in [9.17, 15) is 17.2 Å². The molecule has 0 N–H and O–H groups in total. The van der Waals surface area contributed by atoms with E-state index in [0.29, 0.717) is 12.0 Å². The van der Waals surface area contributed by atoms with Crippen molar-refractivity contribution in [1.82, 2.24) is 0 Å². The summed E-state index contributed by atoms with van der Waals surface area (Å²) < 4.78 is 52.1. The van der Waals surface area contributed by atoms with E-state index in [1.165, 1.54) is 6.07 Å². The summed E-state index contributed by atoms with van der Waals surface area (Å²) >= 11 is 3.42. The van der Waals surface area contributed by atoms with Crippen molar-refractivity contribution in [2.45, 2.75) is 17.9 Å². The van der Waals surface area contributed by atoms with Crippen LogP contribution in [-0.2, 0) is 9.84 Å². The highest BCUT2D eigenvalue weighted by atomic mass is 79.9. The Balaban J connectivity index is 2.22. The molecule has 106 valence electrons. The molecule has 3 nitrogen and oxygen atoms in total. The van der Waals surface area contributed by atoms with Gasteiger partial charge in [-0.05, 0) is 18.4 Å². The second-order valence-corrected chi connectivity index (χ2v) is 7.70. The maximum absolute atomic E-state index is 12.3. The first kappa shape index (κ1) is 14.7. The quantitative estimate of drug-likeness (QED) is 0.780. The minimum absolute atomic E-state index is 0.0753. The molecule has 1 aliphatic rings. The monoisotopic (exact) mass is 354 g/mol. The van der Waals surface area contributed by atoms with Crippen molar-refractivity contribution in [2.24, 2.45) is 5.92 Å². The summed E-state index contributed by atoms with van der Waals surface area (Å²) in [6.07, 6.45) is 0.529. The van der Waals surface area contributed by atoms with E-state index in [0.717, 1.165) is 0 Å². The lowest BCUT2D eigenvalue weighted by Gasteiger charge is -2.19. The van der Waals surface area contributed by atoms with E-state index in [4.69, 9.17) is 0 Å². The fourth-order valence-corrected chi connectivity index (χ4v) is 5.14. The lowest BCUT2D eigenvalue weighted by atomic mass is 9.98. The van der Waals surface area contributed by atoms with Gasteiger partial charge in [-0.3, -0.25) is 0 Å². The molecule has 0 radical (unpaired) electrons. The molecule has 0 saturated carbocycles. The molecule has 2 unspecified atom stereocenters. The molecule has 19 heavy (non-hydrogen) atoms. The van der Waals surface area contributed by atoms with Gasteiger partial charge in [0.05, 0.1) is 11.5 Å². The molecule has 1 aliphatic heterocycles. The van der Waals surface area contributed by atoms with Crippen molar-refractivity contribution in [3.05, 3.63) is 29.8 Å². The third kappa shape index (κ3) is 3.66. The molecule has 0 aromatic heterocycles. The minimum atomic E-state index is -3.00. The molecule has 1 fully saturated rings. The van der Waals surface area contributed by atoms with Gasteiger partial charge in [-0.2, -0.15) is 8.78 Å². The smallest absolute Gasteiger partial charge is 0.387 e. The van der Waals surface area contributed by atoms with Crippen molar-refractivity contribution in [1.29, 1.82) is 0 Å². The number of para-hydroxylation sites is 1. The summed E-state index contributed by atoms with van der Waals surface area (Å²) in [5.41, 5.74) is 0.560. The Kier molecular flexibility index (Phi) is 4.45. The Morgan fingerprint density at radius 3 is 2.58 bits per heavy atom.